The number of sulfone groups is 1. The van der Waals surface area contributed by atoms with E-state index in [2.05, 4.69) is 0 Å². The van der Waals surface area contributed by atoms with Gasteiger partial charge in [0, 0.05) is 17.9 Å². The van der Waals surface area contributed by atoms with Crippen LogP contribution in [0.25, 0.3) is 0 Å². The topological polar surface area (TPSA) is 39.1 Å². The molecule has 0 radical (unpaired) electrons. The Balaban J connectivity index is 3.13. The Labute approximate surface area is 85.7 Å². The first kappa shape index (κ1) is 11.3. The molecular formula is C10H17NO2S. The minimum absolute atomic E-state index is 0.0679. The molecule has 0 atom stereocenters. The van der Waals surface area contributed by atoms with Crippen LogP contribution >= 0.6 is 0 Å². The largest absolute Gasteiger partial charge is 0.348 e. The number of aromatic nitrogens is 1. The maximum atomic E-state index is 11.5. The predicted octanol–water partition coefficient (Wildman–Crippen LogP) is 2.04. The number of hydrogen-bond donors (Lipinski definition) is 0. The normalized spacial score (nSPS) is 13.1. The van der Waals surface area contributed by atoms with Crippen LogP contribution in [0.2, 0.25) is 0 Å². The van der Waals surface area contributed by atoms with Crippen LogP contribution < -0.4 is 0 Å². The van der Waals surface area contributed by atoms with Gasteiger partial charge in [0.25, 0.3) is 0 Å². The third kappa shape index (κ3) is 2.18. The molecule has 1 aromatic rings. The Bertz CT molecular complexity index is 410. The quantitative estimate of drug-likeness (QED) is 0.757. The molecule has 0 fully saturated rings. The zero-order valence-corrected chi connectivity index (χ0v) is 9.93. The maximum Gasteiger partial charge on any atom is 0.179 e. The molecule has 4 heteroatoms. The summed E-state index contributed by atoms with van der Waals surface area (Å²) in [6, 6.07) is 1.66. The van der Waals surface area contributed by atoms with Crippen LogP contribution in [-0.4, -0.2) is 18.7 Å². The smallest absolute Gasteiger partial charge is 0.179 e. The van der Waals surface area contributed by atoms with E-state index in [1.54, 1.807) is 19.2 Å². The lowest BCUT2D eigenvalue weighted by Gasteiger charge is -2.20. The van der Waals surface area contributed by atoms with Gasteiger partial charge < -0.3 is 4.57 Å². The van der Waals surface area contributed by atoms with Gasteiger partial charge in [-0.25, -0.2) is 8.42 Å². The minimum Gasteiger partial charge on any atom is -0.348 e. The van der Waals surface area contributed by atoms with E-state index in [1.165, 1.54) is 0 Å². The minimum atomic E-state index is -3.06. The third-order valence-corrected chi connectivity index (χ3v) is 3.90. The van der Waals surface area contributed by atoms with Crippen molar-refractivity contribution >= 4 is 9.84 Å². The molecule has 0 N–H and O–H groups in total. The summed E-state index contributed by atoms with van der Waals surface area (Å²) in [6.07, 6.45) is 3.50. The number of nitrogens with zero attached hydrogens (tertiary/aromatic N) is 1. The predicted molar refractivity (Wildman–Crippen MR) is 57.2 cm³/mol. The molecule has 1 rings (SSSR count). The summed E-state index contributed by atoms with van der Waals surface area (Å²) in [4.78, 5) is 0.412. The van der Waals surface area contributed by atoms with Gasteiger partial charge in [-0.05, 0) is 26.8 Å². The van der Waals surface area contributed by atoms with Crippen LogP contribution in [-0.2, 0) is 15.4 Å². The zero-order valence-electron chi connectivity index (χ0n) is 9.11. The lowest BCUT2D eigenvalue weighted by atomic mass is 10.1. The summed E-state index contributed by atoms with van der Waals surface area (Å²) in [7, 11) is -3.06. The van der Waals surface area contributed by atoms with Gasteiger partial charge in [-0.1, -0.05) is 6.92 Å². The van der Waals surface area contributed by atoms with Crippen molar-refractivity contribution in [2.24, 2.45) is 0 Å². The molecule has 80 valence electrons. The zero-order chi connectivity index (χ0) is 11.0. The Hall–Kier alpha value is -0.770. The van der Waals surface area contributed by atoms with E-state index < -0.39 is 9.84 Å². The summed E-state index contributed by atoms with van der Waals surface area (Å²) in [5.74, 6) is 0.154. The summed E-state index contributed by atoms with van der Waals surface area (Å²) in [5, 5.41) is 0. The van der Waals surface area contributed by atoms with Crippen molar-refractivity contribution in [3.8, 4) is 0 Å². The van der Waals surface area contributed by atoms with Crippen molar-refractivity contribution < 1.29 is 8.42 Å². The molecule has 14 heavy (non-hydrogen) atoms. The molecule has 0 saturated carbocycles. The number of rotatable bonds is 2. The summed E-state index contributed by atoms with van der Waals surface area (Å²) in [6.45, 7) is 7.77. The van der Waals surface area contributed by atoms with Crippen molar-refractivity contribution in [1.82, 2.24) is 4.57 Å². The highest BCUT2D eigenvalue weighted by Gasteiger charge is 2.17. The highest BCUT2D eigenvalue weighted by atomic mass is 32.2. The van der Waals surface area contributed by atoms with Crippen LogP contribution in [0.3, 0.4) is 0 Å². The van der Waals surface area contributed by atoms with E-state index >= 15 is 0 Å². The molecule has 0 spiro atoms. The molecule has 3 nitrogen and oxygen atoms in total. The molecule has 0 unspecified atom stereocenters. The molecule has 0 amide bonds. The van der Waals surface area contributed by atoms with E-state index in [-0.39, 0.29) is 11.3 Å². The molecule has 0 aromatic carbocycles. The average molecular weight is 215 g/mol. The average Bonchev–Trinajstić information content (AvgIpc) is 2.51. The van der Waals surface area contributed by atoms with Gasteiger partial charge in [0.2, 0.25) is 0 Å². The number of hydrogen-bond acceptors (Lipinski definition) is 2. The summed E-state index contributed by atoms with van der Waals surface area (Å²) >= 11 is 0. The van der Waals surface area contributed by atoms with Crippen LogP contribution in [0.1, 0.15) is 27.7 Å². The van der Waals surface area contributed by atoms with Gasteiger partial charge >= 0.3 is 0 Å². The van der Waals surface area contributed by atoms with Crippen molar-refractivity contribution in [2.45, 2.75) is 38.1 Å². The molecule has 0 aliphatic heterocycles. The first-order chi connectivity index (χ1) is 6.27. The van der Waals surface area contributed by atoms with Crippen LogP contribution in [0.5, 0.6) is 0 Å². The van der Waals surface area contributed by atoms with E-state index in [0.29, 0.717) is 4.90 Å². The van der Waals surface area contributed by atoms with Crippen molar-refractivity contribution in [3.05, 3.63) is 18.5 Å². The van der Waals surface area contributed by atoms with E-state index in [0.717, 1.165) is 0 Å². The van der Waals surface area contributed by atoms with Gasteiger partial charge in [-0.3, -0.25) is 0 Å². The monoisotopic (exact) mass is 215 g/mol. The molecule has 0 aliphatic rings. The third-order valence-electron chi connectivity index (χ3n) is 2.18. The van der Waals surface area contributed by atoms with E-state index in [1.807, 2.05) is 31.5 Å². The van der Waals surface area contributed by atoms with Crippen LogP contribution in [0.4, 0.5) is 0 Å². The van der Waals surface area contributed by atoms with Gasteiger partial charge in [0.1, 0.15) is 0 Å². The first-order valence-electron chi connectivity index (χ1n) is 4.68. The molecule has 1 aromatic heterocycles. The maximum absolute atomic E-state index is 11.5. The molecule has 0 bridgehead atoms. The fourth-order valence-electron chi connectivity index (χ4n) is 1.14. The Kier molecular flexibility index (Phi) is 2.76. The van der Waals surface area contributed by atoms with Crippen molar-refractivity contribution in [3.63, 3.8) is 0 Å². The second-order valence-corrected chi connectivity index (χ2v) is 6.61. The van der Waals surface area contributed by atoms with Gasteiger partial charge in [-0.15, -0.1) is 0 Å². The summed E-state index contributed by atoms with van der Waals surface area (Å²) < 4.78 is 25.0. The first-order valence-corrected chi connectivity index (χ1v) is 6.34. The lowest BCUT2D eigenvalue weighted by Crippen LogP contribution is -2.19. The van der Waals surface area contributed by atoms with E-state index in [9.17, 15) is 8.42 Å². The fraction of sp³-hybridized carbons (Fsp3) is 0.600. The Morgan fingerprint density at radius 3 is 2.29 bits per heavy atom. The van der Waals surface area contributed by atoms with Gasteiger partial charge in [0.15, 0.2) is 9.84 Å². The van der Waals surface area contributed by atoms with Crippen LogP contribution in [0.15, 0.2) is 23.4 Å². The lowest BCUT2D eigenvalue weighted by molar-refractivity contribution is 0.397. The highest BCUT2D eigenvalue weighted by Crippen LogP contribution is 2.18. The van der Waals surface area contributed by atoms with Gasteiger partial charge in [0.05, 0.1) is 10.6 Å². The Morgan fingerprint density at radius 2 is 1.93 bits per heavy atom. The SMILES string of the molecule is CCS(=O)(=O)c1ccn(C(C)(C)C)c1. The molecule has 0 saturated heterocycles. The van der Waals surface area contributed by atoms with Crippen molar-refractivity contribution in [2.75, 3.05) is 5.75 Å². The van der Waals surface area contributed by atoms with Crippen LogP contribution in [0, 0.1) is 0 Å². The second kappa shape index (κ2) is 3.42. The fourth-order valence-corrected chi connectivity index (χ4v) is 2.02. The highest BCUT2D eigenvalue weighted by molar-refractivity contribution is 7.91. The molecule has 1 heterocycles. The molecule has 0 aliphatic carbocycles. The standard InChI is InChI=1S/C10H17NO2S/c1-5-14(12,13)9-6-7-11(8-9)10(2,3)4/h6-8H,5H2,1-4H3. The van der Waals surface area contributed by atoms with E-state index in [4.69, 9.17) is 0 Å². The Morgan fingerprint density at radius 1 is 1.36 bits per heavy atom. The summed E-state index contributed by atoms with van der Waals surface area (Å²) in [5.41, 5.74) is -0.0679. The van der Waals surface area contributed by atoms with Crippen molar-refractivity contribution in [1.29, 1.82) is 0 Å². The molecular weight excluding hydrogens is 198 g/mol. The van der Waals surface area contributed by atoms with Gasteiger partial charge in [-0.2, -0.15) is 0 Å². The second-order valence-electron chi connectivity index (χ2n) is 4.33.